The molecule has 0 unspecified atom stereocenters. The van der Waals surface area contributed by atoms with Crippen LogP contribution in [0.3, 0.4) is 0 Å². The van der Waals surface area contributed by atoms with Crippen LogP contribution >= 0.6 is 11.3 Å². The van der Waals surface area contributed by atoms with Crippen molar-refractivity contribution < 1.29 is 24.0 Å². The second-order valence-corrected chi connectivity index (χ2v) is 17.8. The van der Waals surface area contributed by atoms with Crippen LogP contribution in [0.15, 0.2) is 55.0 Å². The molecule has 3 saturated carbocycles. The smallest absolute Gasteiger partial charge is 0.238 e. The summed E-state index contributed by atoms with van der Waals surface area (Å²) in [7, 11) is 0. The number of pyridine rings is 2. The van der Waals surface area contributed by atoms with Gasteiger partial charge in [0.2, 0.25) is 23.6 Å². The quantitative estimate of drug-likeness (QED) is 0.188. The van der Waals surface area contributed by atoms with Crippen molar-refractivity contribution in [3.8, 4) is 33.9 Å². The molecule has 6 aliphatic rings. The lowest BCUT2D eigenvalue weighted by molar-refractivity contribution is -0.157. The highest BCUT2D eigenvalue weighted by Gasteiger charge is 2.55. The third-order valence-corrected chi connectivity index (χ3v) is 14.5. The second kappa shape index (κ2) is 15.6. The van der Waals surface area contributed by atoms with Crippen LogP contribution in [0.5, 0.6) is 5.88 Å². The topological polar surface area (TPSA) is 193 Å². The number of piperazine rings is 1. The summed E-state index contributed by atoms with van der Waals surface area (Å²) < 4.78 is 7.46. The molecule has 5 aromatic rings. The summed E-state index contributed by atoms with van der Waals surface area (Å²) in [5.74, 6) is -0.237. The first kappa shape index (κ1) is 38.4. The van der Waals surface area contributed by atoms with Gasteiger partial charge in [0.1, 0.15) is 11.1 Å². The van der Waals surface area contributed by atoms with Gasteiger partial charge in [0.05, 0.1) is 53.2 Å². The number of nitrogens with one attached hydrogen (secondary N) is 2. The fraction of sp³-hybridized carbons (Fsp3) is 0.465. The Morgan fingerprint density at radius 3 is 2.47 bits per heavy atom. The number of hydroxylamine groups is 2. The maximum absolute atomic E-state index is 14.2. The van der Waals surface area contributed by atoms with Gasteiger partial charge in [0.15, 0.2) is 5.01 Å². The van der Waals surface area contributed by atoms with Crippen LogP contribution < -0.4 is 15.5 Å². The number of piperidine rings is 1. The van der Waals surface area contributed by atoms with Gasteiger partial charge >= 0.3 is 0 Å². The predicted molar refractivity (Wildman–Crippen MR) is 219 cm³/mol. The normalized spacial score (nSPS) is 24.9. The molecule has 3 aliphatic carbocycles. The molecule has 0 aromatic carbocycles. The third-order valence-electron chi connectivity index (χ3n) is 13.3. The Labute approximate surface area is 350 Å². The number of hydrogen-bond acceptors (Lipinski definition) is 14. The van der Waals surface area contributed by atoms with Crippen molar-refractivity contribution in [2.24, 2.45) is 5.41 Å². The van der Waals surface area contributed by atoms with E-state index in [4.69, 9.17) is 24.8 Å². The molecule has 11 rings (SSSR count). The van der Waals surface area contributed by atoms with Crippen LogP contribution in [-0.2, 0) is 24.5 Å². The van der Waals surface area contributed by atoms with Gasteiger partial charge in [0, 0.05) is 73.7 Å². The lowest BCUT2D eigenvalue weighted by atomic mass is 9.53. The summed E-state index contributed by atoms with van der Waals surface area (Å²) in [5.41, 5.74) is 5.09. The van der Waals surface area contributed by atoms with Gasteiger partial charge in [-0.25, -0.2) is 9.50 Å². The summed E-state index contributed by atoms with van der Waals surface area (Å²) in [5, 5.41) is 33.4. The number of imide groups is 1. The Hall–Kier alpha value is -5.83. The number of carbonyl (C=O) groups excluding carboxylic acids is 3. The van der Waals surface area contributed by atoms with Crippen LogP contribution in [0.1, 0.15) is 86.3 Å². The average Bonchev–Trinajstić information content (AvgIpc) is 3.96. The molecule has 3 aliphatic heterocycles. The number of rotatable bonds is 9. The van der Waals surface area contributed by atoms with Crippen molar-refractivity contribution in [2.75, 3.05) is 44.7 Å². The summed E-state index contributed by atoms with van der Waals surface area (Å²) in [6.45, 7) is 3.72. The first-order valence-electron chi connectivity index (χ1n) is 20.9. The summed E-state index contributed by atoms with van der Waals surface area (Å²) >= 11 is 1.65. The van der Waals surface area contributed by atoms with E-state index in [2.05, 4.69) is 32.9 Å². The summed E-state index contributed by atoms with van der Waals surface area (Å²) in [6.07, 6.45) is 12.9. The van der Waals surface area contributed by atoms with Crippen molar-refractivity contribution in [2.45, 2.75) is 81.6 Å². The van der Waals surface area contributed by atoms with Gasteiger partial charge in [-0.2, -0.15) is 10.4 Å². The molecule has 1 atom stereocenters. The van der Waals surface area contributed by atoms with E-state index in [0.717, 1.165) is 95.1 Å². The Morgan fingerprint density at radius 1 is 0.933 bits per heavy atom. The number of aromatic nitrogens is 6. The monoisotopic (exact) mass is 827 g/mol. The molecule has 308 valence electrons. The van der Waals surface area contributed by atoms with Gasteiger partial charge in [-0.05, 0) is 87.6 Å². The van der Waals surface area contributed by atoms with Gasteiger partial charge in [0.25, 0.3) is 0 Å². The molecule has 3 saturated heterocycles. The standard InChI is InChI=1S/C43H45N11O5S/c44-23-27-21-30-2-4-35(54(30)47-24-27)34-22-33(48-29-7-19-58-20-8-29)32(26-45-34)39-50-51-40(60-39)42-9-12-43(13-10-42,14-11-42)41(57)52-15-17-53(18-16-52)59-37-6-1-28(25-46-37)31-3-5-36(55)49-38(31)56/h1-2,4,6,21-22,24-26,29,31H,3,5,7-20H2,(H,45,48)(H,49,55,56)/t31-,42?,43?/m1/s1. The molecular formula is C43H45N11O5S. The molecule has 3 amide bonds. The van der Waals surface area contributed by atoms with Crippen molar-refractivity contribution in [1.82, 2.24) is 45.1 Å². The van der Waals surface area contributed by atoms with E-state index in [0.29, 0.717) is 63.7 Å². The molecule has 8 heterocycles. The minimum atomic E-state index is -0.392. The Balaban J connectivity index is 0.790. The molecule has 5 aromatic heterocycles. The molecule has 6 fully saturated rings. The van der Waals surface area contributed by atoms with E-state index >= 15 is 0 Å². The molecule has 16 nitrogen and oxygen atoms in total. The highest BCUT2D eigenvalue weighted by molar-refractivity contribution is 7.14. The largest absolute Gasteiger partial charge is 0.386 e. The number of ether oxygens (including phenoxy) is 1. The highest BCUT2D eigenvalue weighted by atomic mass is 32.1. The number of nitrogens with zero attached hydrogens (tertiary/aromatic N) is 9. The van der Waals surface area contributed by atoms with Crippen LogP contribution in [0.25, 0.3) is 27.5 Å². The number of nitriles is 1. The maximum Gasteiger partial charge on any atom is 0.238 e. The van der Waals surface area contributed by atoms with E-state index in [1.165, 1.54) is 0 Å². The van der Waals surface area contributed by atoms with Gasteiger partial charge in [-0.15, -0.1) is 15.3 Å². The van der Waals surface area contributed by atoms with Crippen LogP contribution in [0.2, 0.25) is 0 Å². The van der Waals surface area contributed by atoms with Crippen molar-refractivity contribution >= 4 is 40.3 Å². The fourth-order valence-electron chi connectivity index (χ4n) is 9.69. The Kier molecular flexibility index (Phi) is 10.0. The second-order valence-electron chi connectivity index (χ2n) is 16.8. The maximum atomic E-state index is 14.2. The molecule has 2 bridgehead atoms. The molecule has 60 heavy (non-hydrogen) atoms. The zero-order valence-electron chi connectivity index (χ0n) is 33.1. The lowest BCUT2D eigenvalue weighted by Gasteiger charge is -2.53. The van der Waals surface area contributed by atoms with Gasteiger partial charge in [-0.1, -0.05) is 17.4 Å². The van der Waals surface area contributed by atoms with E-state index in [1.54, 1.807) is 29.8 Å². The Morgan fingerprint density at radius 2 is 1.73 bits per heavy atom. The molecular weight excluding hydrogens is 783 g/mol. The van der Waals surface area contributed by atoms with E-state index in [9.17, 15) is 19.6 Å². The molecule has 17 heteroatoms. The number of anilines is 1. The van der Waals surface area contributed by atoms with E-state index < -0.39 is 5.92 Å². The third kappa shape index (κ3) is 7.16. The van der Waals surface area contributed by atoms with Crippen molar-refractivity contribution in [1.29, 1.82) is 5.26 Å². The number of amides is 3. The SMILES string of the molecule is N#Cc1cnn2c(-c3cc(NC4CCOCC4)c(-c4nnc(C56CCC(C(=O)N7CCN(Oc8ccc([C@H]9CCC(=O)NC9=O)cn8)CC7)(CC5)CC6)s4)cn3)ccc2c1. The summed E-state index contributed by atoms with van der Waals surface area (Å²) in [4.78, 5) is 55.4. The van der Waals surface area contributed by atoms with Crippen LogP contribution in [-0.4, -0.2) is 103 Å². The Bertz CT molecular complexity index is 2480. The fourth-order valence-corrected chi connectivity index (χ4v) is 10.8. The highest BCUT2D eigenvalue weighted by Crippen LogP contribution is 2.59. The van der Waals surface area contributed by atoms with Crippen molar-refractivity contribution in [3.05, 3.63) is 71.1 Å². The zero-order chi connectivity index (χ0) is 40.8. The zero-order valence-corrected chi connectivity index (χ0v) is 34.0. The molecule has 0 spiro atoms. The minimum Gasteiger partial charge on any atom is -0.386 e. The lowest BCUT2D eigenvalue weighted by Crippen LogP contribution is -2.57. The predicted octanol–water partition coefficient (Wildman–Crippen LogP) is 5.02. The van der Waals surface area contributed by atoms with Crippen LogP contribution in [0, 0.1) is 16.7 Å². The molecule has 0 radical (unpaired) electrons. The average molecular weight is 828 g/mol. The first-order valence-corrected chi connectivity index (χ1v) is 21.7. The van der Waals surface area contributed by atoms with Crippen LogP contribution in [0.4, 0.5) is 5.69 Å². The number of carbonyl (C=O) groups is 3. The van der Waals surface area contributed by atoms with Gasteiger partial charge < -0.3 is 19.8 Å². The molecule has 2 N–H and O–H groups in total. The van der Waals surface area contributed by atoms with E-state index in [1.807, 2.05) is 44.9 Å². The number of hydrogen-bond donors (Lipinski definition) is 2. The first-order chi connectivity index (χ1) is 29.3. The van der Waals surface area contributed by atoms with Crippen molar-refractivity contribution in [3.63, 3.8) is 0 Å². The van der Waals surface area contributed by atoms with Gasteiger partial charge in [-0.3, -0.25) is 24.7 Å². The summed E-state index contributed by atoms with van der Waals surface area (Å²) in [6, 6.07) is 13.8. The van der Waals surface area contributed by atoms with E-state index in [-0.39, 0.29) is 34.6 Å². The number of fused-ring (bicyclic) bond motifs is 4. The minimum absolute atomic E-state index is 0.0916.